The van der Waals surface area contributed by atoms with Gasteiger partial charge in [0.2, 0.25) is 0 Å². The van der Waals surface area contributed by atoms with Crippen LogP contribution in [0.25, 0.3) is 0 Å². The summed E-state index contributed by atoms with van der Waals surface area (Å²) in [6.07, 6.45) is -0.671. The molecule has 1 heterocycles. The fourth-order valence-electron chi connectivity index (χ4n) is 5.72. The zero-order valence-corrected chi connectivity index (χ0v) is 24.4. The summed E-state index contributed by atoms with van der Waals surface area (Å²) < 4.78 is 10.8. The van der Waals surface area contributed by atoms with Crippen molar-refractivity contribution in [3.8, 4) is 0 Å². The number of ether oxygens (including phenoxy) is 2. The molecule has 214 valence electrons. The smallest absolute Gasteiger partial charge is 0.347 e. The lowest BCUT2D eigenvalue weighted by Crippen LogP contribution is -2.62. The van der Waals surface area contributed by atoms with E-state index in [4.69, 9.17) is 14.3 Å². The van der Waals surface area contributed by atoms with Gasteiger partial charge in [0.15, 0.2) is 6.10 Å². The Labute approximate surface area is 233 Å². The van der Waals surface area contributed by atoms with Crippen molar-refractivity contribution in [3.63, 3.8) is 0 Å². The number of hydrogen-bond donors (Lipinski definition) is 1. The van der Waals surface area contributed by atoms with Crippen molar-refractivity contribution >= 4 is 11.9 Å². The highest BCUT2D eigenvalue weighted by Gasteiger charge is 2.48. The van der Waals surface area contributed by atoms with Gasteiger partial charge in [0.05, 0.1) is 6.61 Å². The molecule has 2 aromatic rings. The Bertz CT molecular complexity index is 1050. The van der Waals surface area contributed by atoms with Gasteiger partial charge in [-0.1, -0.05) is 67.6 Å². The fourth-order valence-corrected chi connectivity index (χ4v) is 5.72. The predicted molar refractivity (Wildman–Crippen MR) is 151 cm³/mol. The normalized spacial score (nSPS) is 20.4. The molecule has 39 heavy (non-hydrogen) atoms. The molecule has 4 unspecified atom stereocenters. The van der Waals surface area contributed by atoms with Gasteiger partial charge in [-0.25, -0.2) is 9.59 Å². The summed E-state index contributed by atoms with van der Waals surface area (Å²) in [5, 5.41) is 11.4. The van der Waals surface area contributed by atoms with Crippen molar-refractivity contribution in [3.05, 3.63) is 71.8 Å². The van der Waals surface area contributed by atoms with Gasteiger partial charge in [-0.3, -0.25) is 4.84 Å². The summed E-state index contributed by atoms with van der Waals surface area (Å²) in [5.74, 6) is -0.893. The first kappa shape index (κ1) is 30.8. The average molecular weight is 540 g/mol. The van der Waals surface area contributed by atoms with Crippen molar-refractivity contribution in [1.29, 1.82) is 0 Å². The molecule has 1 aliphatic heterocycles. The fraction of sp³-hybridized carbons (Fsp3) is 0.562. The van der Waals surface area contributed by atoms with Gasteiger partial charge in [0, 0.05) is 29.8 Å². The molecular formula is C32H45NO6. The standard InChI is InChI=1S/C32H45NO6/c1-22(25-14-10-8-11-15-25)18-27(26-16-12-9-13-17-26)21-37-33-31(4,5)19-28(20-32(33,6)7)39-30(36)24(3)38-29(35)23(2)34/h8-17,22-24,27-28,34H,18-21H2,1-7H3. The molecule has 0 saturated carbocycles. The van der Waals surface area contributed by atoms with Gasteiger partial charge < -0.3 is 14.6 Å². The summed E-state index contributed by atoms with van der Waals surface area (Å²) >= 11 is 0. The highest BCUT2D eigenvalue weighted by molar-refractivity contribution is 5.80. The number of piperidine rings is 1. The number of esters is 2. The summed E-state index contributed by atoms with van der Waals surface area (Å²) in [5.41, 5.74) is 1.73. The van der Waals surface area contributed by atoms with Crippen molar-refractivity contribution in [2.45, 2.75) is 109 Å². The molecule has 7 nitrogen and oxygen atoms in total. The molecule has 1 saturated heterocycles. The molecule has 4 atom stereocenters. The molecule has 1 N–H and O–H groups in total. The van der Waals surface area contributed by atoms with Crippen LogP contribution in [-0.2, 0) is 23.9 Å². The maximum atomic E-state index is 12.6. The first-order chi connectivity index (χ1) is 18.3. The highest BCUT2D eigenvalue weighted by atomic mass is 16.7. The first-order valence-electron chi connectivity index (χ1n) is 13.9. The molecule has 0 amide bonds. The molecule has 1 fully saturated rings. The third kappa shape index (κ3) is 8.37. The molecule has 0 bridgehead atoms. The molecule has 0 radical (unpaired) electrons. The van der Waals surface area contributed by atoms with E-state index in [0.29, 0.717) is 25.4 Å². The molecule has 3 rings (SSSR count). The summed E-state index contributed by atoms with van der Waals surface area (Å²) in [7, 11) is 0. The van der Waals surface area contributed by atoms with Gasteiger partial charge in [0.1, 0.15) is 12.2 Å². The Hall–Kier alpha value is -2.74. The van der Waals surface area contributed by atoms with Crippen molar-refractivity contribution in [2.24, 2.45) is 0 Å². The van der Waals surface area contributed by atoms with Gasteiger partial charge in [-0.2, -0.15) is 5.06 Å². The largest absolute Gasteiger partial charge is 0.459 e. The van der Waals surface area contributed by atoms with Crippen LogP contribution in [0, 0.1) is 0 Å². The second-order valence-corrected chi connectivity index (χ2v) is 12.1. The van der Waals surface area contributed by atoms with E-state index in [9.17, 15) is 14.7 Å². The van der Waals surface area contributed by atoms with Crippen LogP contribution in [0.1, 0.15) is 90.7 Å². The van der Waals surface area contributed by atoms with E-state index in [2.05, 4.69) is 88.2 Å². The topological polar surface area (TPSA) is 85.3 Å². The summed E-state index contributed by atoms with van der Waals surface area (Å²) in [6.45, 7) is 13.9. The zero-order valence-electron chi connectivity index (χ0n) is 24.4. The van der Waals surface area contributed by atoms with Crippen LogP contribution in [0.4, 0.5) is 0 Å². The number of aliphatic hydroxyl groups is 1. The maximum Gasteiger partial charge on any atom is 0.347 e. The van der Waals surface area contributed by atoms with Crippen LogP contribution in [0.2, 0.25) is 0 Å². The number of aliphatic hydroxyl groups excluding tert-OH is 1. The molecule has 0 aliphatic carbocycles. The van der Waals surface area contributed by atoms with E-state index in [0.717, 1.165) is 6.42 Å². The van der Waals surface area contributed by atoms with Gasteiger partial charge >= 0.3 is 11.9 Å². The summed E-state index contributed by atoms with van der Waals surface area (Å²) in [6, 6.07) is 21.1. The Kier molecular flexibility index (Phi) is 10.3. The summed E-state index contributed by atoms with van der Waals surface area (Å²) in [4.78, 5) is 31.0. The zero-order chi connectivity index (χ0) is 28.8. The predicted octanol–water partition coefficient (Wildman–Crippen LogP) is 5.77. The number of hydroxylamine groups is 2. The van der Waals surface area contributed by atoms with Gasteiger partial charge in [-0.05, 0) is 65.0 Å². The van der Waals surface area contributed by atoms with E-state index in [1.54, 1.807) is 0 Å². The van der Waals surface area contributed by atoms with Crippen LogP contribution in [0.5, 0.6) is 0 Å². The van der Waals surface area contributed by atoms with E-state index in [1.807, 2.05) is 12.1 Å². The SMILES string of the molecule is CC(O)C(=O)OC(C)C(=O)OC1CC(C)(C)N(OCC(CC(C)c2ccccc2)c2ccccc2)C(C)(C)C1. The van der Waals surface area contributed by atoms with Crippen LogP contribution in [0.15, 0.2) is 60.7 Å². The maximum absolute atomic E-state index is 12.6. The van der Waals surface area contributed by atoms with Crippen molar-refractivity contribution in [1.82, 2.24) is 5.06 Å². The van der Waals surface area contributed by atoms with Crippen LogP contribution in [-0.4, -0.2) is 58.1 Å². The molecule has 0 spiro atoms. The van der Waals surface area contributed by atoms with E-state index < -0.39 is 35.2 Å². The molecule has 1 aliphatic rings. The third-order valence-corrected chi connectivity index (χ3v) is 7.49. The number of hydrogen-bond acceptors (Lipinski definition) is 7. The highest BCUT2D eigenvalue weighted by Crippen LogP contribution is 2.41. The average Bonchev–Trinajstić information content (AvgIpc) is 2.87. The van der Waals surface area contributed by atoms with Crippen molar-refractivity contribution in [2.75, 3.05) is 6.61 Å². The van der Waals surface area contributed by atoms with Gasteiger partial charge in [-0.15, -0.1) is 0 Å². The van der Waals surface area contributed by atoms with E-state index >= 15 is 0 Å². The van der Waals surface area contributed by atoms with Crippen LogP contribution in [0.3, 0.4) is 0 Å². The van der Waals surface area contributed by atoms with Gasteiger partial charge in [0.25, 0.3) is 0 Å². The number of nitrogens with zero attached hydrogens (tertiary/aromatic N) is 1. The Morgan fingerprint density at radius 2 is 1.38 bits per heavy atom. The quantitative estimate of drug-likeness (QED) is 0.363. The van der Waals surface area contributed by atoms with E-state index in [-0.39, 0.29) is 12.0 Å². The Morgan fingerprint density at radius 3 is 1.90 bits per heavy atom. The Morgan fingerprint density at radius 1 is 0.872 bits per heavy atom. The third-order valence-electron chi connectivity index (χ3n) is 7.49. The van der Waals surface area contributed by atoms with E-state index in [1.165, 1.54) is 25.0 Å². The lowest BCUT2D eigenvalue weighted by Gasteiger charge is -2.53. The molecule has 0 aromatic heterocycles. The number of benzene rings is 2. The molecular weight excluding hydrogens is 494 g/mol. The number of carbonyl (C=O) groups is 2. The minimum Gasteiger partial charge on any atom is -0.459 e. The van der Waals surface area contributed by atoms with Crippen molar-refractivity contribution < 1.29 is 29.0 Å². The Balaban J connectivity index is 1.68. The lowest BCUT2D eigenvalue weighted by atomic mass is 9.80. The first-order valence-corrected chi connectivity index (χ1v) is 13.9. The number of rotatable bonds is 11. The lowest BCUT2D eigenvalue weighted by molar-refractivity contribution is -0.295. The van der Waals surface area contributed by atoms with Crippen LogP contribution < -0.4 is 0 Å². The minimum atomic E-state index is -1.30. The monoisotopic (exact) mass is 539 g/mol. The number of carbonyl (C=O) groups excluding carboxylic acids is 2. The minimum absolute atomic E-state index is 0.202. The van der Waals surface area contributed by atoms with Crippen LogP contribution >= 0.6 is 0 Å². The second-order valence-electron chi connectivity index (χ2n) is 12.1. The molecule has 7 heteroatoms. The second kappa shape index (κ2) is 13.1. The molecule has 2 aromatic carbocycles.